The van der Waals surface area contributed by atoms with Crippen LogP contribution in [-0.4, -0.2) is 45.3 Å². The van der Waals surface area contributed by atoms with Gasteiger partial charge < -0.3 is 20.1 Å². The molecule has 0 aliphatic carbocycles. The number of carboxylic acid groups (broad SMARTS) is 1. The molecule has 15 heavy (non-hydrogen) atoms. The van der Waals surface area contributed by atoms with Crippen molar-refractivity contribution in [3.8, 4) is 0 Å². The largest absolute Gasteiger partial charge is 0.481 e. The van der Waals surface area contributed by atoms with Gasteiger partial charge in [-0.15, -0.1) is 0 Å². The van der Waals surface area contributed by atoms with Crippen molar-refractivity contribution in [2.24, 2.45) is 5.73 Å². The van der Waals surface area contributed by atoms with Crippen LogP contribution < -0.4 is 5.73 Å². The van der Waals surface area contributed by atoms with E-state index < -0.39 is 35.5 Å². The van der Waals surface area contributed by atoms with Gasteiger partial charge in [0, 0.05) is 6.26 Å². The summed E-state index contributed by atoms with van der Waals surface area (Å²) >= 11 is -1.83. The van der Waals surface area contributed by atoms with Crippen molar-refractivity contribution in [3.05, 3.63) is 0 Å². The number of rotatable bonds is 4. The van der Waals surface area contributed by atoms with Crippen molar-refractivity contribution in [2.75, 3.05) is 12.8 Å². The Kier molecular flexibility index (Phi) is 10.5. The Labute approximate surface area is 89.9 Å². The minimum Gasteiger partial charge on any atom is -0.481 e. The highest BCUT2D eigenvalue weighted by atomic mass is 32.2. The lowest BCUT2D eigenvalue weighted by Gasteiger charge is -2.04. The van der Waals surface area contributed by atoms with Gasteiger partial charge in [0.1, 0.15) is 0 Å². The predicted molar refractivity (Wildman–Crippen MR) is 53.1 cm³/mol. The highest BCUT2D eigenvalue weighted by Crippen LogP contribution is 1.96. The van der Waals surface area contributed by atoms with E-state index in [1.165, 1.54) is 0 Å². The lowest BCUT2D eigenvalue weighted by molar-refractivity contribution is -0.150. The van der Waals surface area contributed by atoms with Gasteiger partial charge in [0.05, 0.1) is 6.42 Å². The van der Waals surface area contributed by atoms with Gasteiger partial charge in [0.2, 0.25) is 11.1 Å². The molecule has 0 rings (SSSR count). The lowest BCUT2D eigenvalue weighted by Crippen LogP contribution is -2.26. The first kappa shape index (κ1) is 16.4. The average Bonchev–Trinajstić information content (AvgIpc) is 2.02. The summed E-state index contributed by atoms with van der Waals surface area (Å²) in [7, 11) is 0. The van der Waals surface area contributed by atoms with Gasteiger partial charge in [-0.05, 0) is 6.54 Å². The Balaban J connectivity index is 0. The Bertz CT molecular complexity index is 232. The molecule has 2 unspecified atom stereocenters. The summed E-state index contributed by atoms with van der Waals surface area (Å²) in [6.07, 6.45) is -1.42. The number of aliphatic hydroxyl groups excluding tert-OH is 1. The maximum Gasteiger partial charge on any atom is 0.349 e. The molecule has 7 nitrogen and oxygen atoms in total. The molecular weight excluding hydrogens is 226 g/mol. The van der Waals surface area contributed by atoms with Crippen LogP contribution in [0.1, 0.15) is 13.3 Å². The number of aliphatic carboxylic acids is 1. The second-order valence-corrected chi connectivity index (χ2v) is 3.30. The van der Waals surface area contributed by atoms with Crippen LogP contribution in [0.5, 0.6) is 0 Å². The molecule has 0 aromatic rings. The lowest BCUT2D eigenvalue weighted by atomic mass is 10.3. The van der Waals surface area contributed by atoms with Crippen LogP contribution in [0, 0.1) is 0 Å². The molecule has 0 saturated carbocycles. The van der Waals surface area contributed by atoms with Gasteiger partial charge in [-0.1, -0.05) is 6.92 Å². The third-order valence-electron chi connectivity index (χ3n) is 0.840. The van der Waals surface area contributed by atoms with E-state index in [1.807, 2.05) is 6.92 Å². The summed E-state index contributed by atoms with van der Waals surface area (Å²) in [5.74, 6) is -2.53. The third-order valence-corrected chi connectivity index (χ3v) is 1.24. The van der Waals surface area contributed by atoms with Gasteiger partial charge in [0.25, 0.3) is 0 Å². The van der Waals surface area contributed by atoms with Crippen LogP contribution in [0.4, 0.5) is 0 Å². The van der Waals surface area contributed by atoms with Crippen molar-refractivity contribution in [3.63, 3.8) is 0 Å². The first-order valence-corrected chi connectivity index (χ1v) is 5.48. The number of aliphatic hydroxyl groups is 1. The second kappa shape index (κ2) is 9.56. The molecule has 90 valence electrons. The molecule has 0 radical (unpaired) electrons. The summed E-state index contributed by atoms with van der Waals surface area (Å²) in [5.41, 5.74) is 4.85. The van der Waals surface area contributed by atoms with Crippen LogP contribution in [0.15, 0.2) is 0 Å². The van der Waals surface area contributed by atoms with Crippen LogP contribution in [0.2, 0.25) is 0 Å². The van der Waals surface area contributed by atoms with Gasteiger partial charge in [0.15, 0.2) is 6.10 Å². The van der Waals surface area contributed by atoms with E-state index in [0.29, 0.717) is 0 Å². The maximum atomic E-state index is 10.6. The summed E-state index contributed by atoms with van der Waals surface area (Å²) in [4.78, 5) is 20.5. The van der Waals surface area contributed by atoms with Crippen LogP contribution >= 0.6 is 0 Å². The van der Waals surface area contributed by atoms with Crippen molar-refractivity contribution < 1.29 is 28.2 Å². The molecule has 0 heterocycles. The molecule has 4 N–H and O–H groups in total. The Morgan fingerprint density at radius 2 is 1.93 bits per heavy atom. The average molecular weight is 241 g/mol. The van der Waals surface area contributed by atoms with E-state index in [9.17, 15) is 13.8 Å². The Morgan fingerprint density at radius 3 is 2.20 bits per heavy atom. The summed E-state index contributed by atoms with van der Waals surface area (Å²) < 4.78 is 14.3. The van der Waals surface area contributed by atoms with E-state index in [0.717, 1.165) is 12.8 Å². The summed E-state index contributed by atoms with van der Waals surface area (Å²) in [5, 5.41) is 16.9. The Hall–Kier alpha value is -0.990. The van der Waals surface area contributed by atoms with Gasteiger partial charge >= 0.3 is 11.9 Å². The predicted octanol–water partition coefficient (Wildman–Crippen LogP) is -1.38. The normalized spacial score (nSPS) is 13.1. The van der Waals surface area contributed by atoms with E-state index in [4.69, 9.17) is 15.9 Å². The zero-order chi connectivity index (χ0) is 12.4. The molecule has 0 aromatic carbocycles. The number of hydrogen-bond donors (Lipinski definition) is 3. The zero-order valence-electron chi connectivity index (χ0n) is 8.50. The van der Waals surface area contributed by atoms with E-state index in [1.54, 1.807) is 0 Å². The van der Waals surface area contributed by atoms with E-state index >= 15 is 0 Å². The number of carbonyl (C=O) groups is 2. The number of carbonyl (C=O) groups excluding carboxylic acids is 1. The highest BCUT2D eigenvalue weighted by molar-refractivity contribution is 7.79. The molecular formula is C7H15NO6S. The van der Waals surface area contributed by atoms with Gasteiger partial charge in [-0.2, -0.15) is 0 Å². The third kappa shape index (κ3) is 13.0. The molecule has 0 fully saturated rings. The van der Waals surface area contributed by atoms with E-state index in [-0.39, 0.29) is 0 Å². The molecule has 2 atom stereocenters. The standard InChI is InChI=1S/C5H8O6S.C2H7N/c1-12(10)11-5(9)3(6)2-4(7)8;1-2-3/h3,6H,2H2,1H3,(H,7,8);2-3H2,1H3. The molecule has 0 aliphatic heterocycles. The van der Waals surface area contributed by atoms with Crippen LogP contribution in [0.25, 0.3) is 0 Å². The molecule has 0 aromatic heterocycles. The minimum absolute atomic E-state index is 0.750. The fourth-order valence-corrected chi connectivity index (χ4v) is 0.762. The number of nitrogens with two attached hydrogens (primary N) is 1. The number of hydrogen-bond acceptors (Lipinski definition) is 6. The molecule has 0 amide bonds. The highest BCUT2D eigenvalue weighted by Gasteiger charge is 2.21. The molecule has 0 aliphatic rings. The van der Waals surface area contributed by atoms with Crippen molar-refractivity contribution in [1.82, 2.24) is 0 Å². The van der Waals surface area contributed by atoms with Crippen LogP contribution in [-0.2, 0) is 24.9 Å². The molecule has 0 bridgehead atoms. The maximum absolute atomic E-state index is 10.6. The van der Waals surface area contributed by atoms with Crippen molar-refractivity contribution >= 4 is 23.0 Å². The fourth-order valence-electron chi connectivity index (χ4n) is 0.420. The fraction of sp³-hybridized carbons (Fsp3) is 0.714. The Morgan fingerprint density at radius 1 is 1.53 bits per heavy atom. The topological polar surface area (TPSA) is 127 Å². The van der Waals surface area contributed by atoms with Crippen LogP contribution in [0.3, 0.4) is 0 Å². The van der Waals surface area contributed by atoms with Gasteiger partial charge in [-0.25, -0.2) is 9.00 Å². The van der Waals surface area contributed by atoms with Crippen molar-refractivity contribution in [2.45, 2.75) is 19.4 Å². The number of carboxylic acids is 1. The SMILES string of the molecule is CCN.CS(=O)OC(=O)C(O)CC(=O)O. The first-order chi connectivity index (χ1) is 6.84. The minimum atomic E-state index is -1.83. The second-order valence-electron chi connectivity index (χ2n) is 2.33. The smallest absolute Gasteiger partial charge is 0.349 e. The quantitative estimate of drug-likeness (QED) is 0.553. The first-order valence-electron chi connectivity index (χ1n) is 4.00. The monoisotopic (exact) mass is 241 g/mol. The van der Waals surface area contributed by atoms with Gasteiger partial charge in [-0.3, -0.25) is 4.79 Å². The van der Waals surface area contributed by atoms with E-state index in [2.05, 4.69) is 4.18 Å². The molecule has 8 heteroatoms. The zero-order valence-corrected chi connectivity index (χ0v) is 9.32. The van der Waals surface area contributed by atoms with Crippen molar-refractivity contribution in [1.29, 1.82) is 0 Å². The molecule has 0 saturated heterocycles. The molecule has 0 spiro atoms. The summed E-state index contributed by atoms with van der Waals surface area (Å²) in [6.45, 7) is 2.65. The summed E-state index contributed by atoms with van der Waals surface area (Å²) in [6, 6.07) is 0.